The van der Waals surface area contributed by atoms with E-state index in [0.29, 0.717) is 6.61 Å². The summed E-state index contributed by atoms with van der Waals surface area (Å²) >= 11 is 1.86. The topological polar surface area (TPSA) is 32.3 Å². The number of hydrogen-bond acceptors (Lipinski definition) is 3. The highest BCUT2D eigenvalue weighted by Gasteiger charge is 2.07. The average Bonchev–Trinajstić information content (AvgIpc) is 2.33. The molecule has 102 valence electrons. The lowest BCUT2D eigenvalue weighted by Gasteiger charge is -2.20. The lowest BCUT2D eigenvalue weighted by atomic mass is 10.1. The standard InChI is InChI=1S/C15H25NOS/c1-15(2,3)16-12-13-6-8-14(9-7-13)18-11-5-4-10-17/h6-9,16-17H,4-5,10-12H2,1-3H3. The zero-order valence-corrected chi connectivity index (χ0v) is 12.5. The first-order valence-electron chi connectivity index (χ1n) is 6.59. The average molecular weight is 267 g/mol. The van der Waals surface area contributed by atoms with Crippen molar-refractivity contribution < 1.29 is 5.11 Å². The molecule has 0 heterocycles. The molecule has 2 N–H and O–H groups in total. The smallest absolute Gasteiger partial charge is 0.0431 e. The van der Waals surface area contributed by atoms with E-state index in [9.17, 15) is 0 Å². The predicted octanol–water partition coefficient (Wildman–Crippen LogP) is 3.44. The Morgan fingerprint density at radius 3 is 2.33 bits per heavy atom. The third-order valence-electron chi connectivity index (χ3n) is 2.57. The Labute approximate surface area is 115 Å². The normalized spacial score (nSPS) is 11.8. The van der Waals surface area contributed by atoms with Gasteiger partial charge in [0, 0.05) is 23.6 Å². The van der Waals surface area contributed by atoms with Crippen LogP contribution >= 0.6 is 11.8 Å². The molecule has 0 aromatic heterocycles. The SMILES string of the molecule is CC(C)(C)NCc1ccc(SCCCCO)cc1. The zero-order valence-electron chi connectivity index (χ0n) is 11.7. The van der Waals surface area contributed by atoms with Crippen molar-refractivity contribution in [3.05, 3.63) is 29.8 Å². The van der Waals surface area contributed by atoms with E-state index in [1.807, 2.05) is 11.8 Å². The van der Waals surface area contributed by atoms with Crippen molar-refractivity contribution in [1.82, 2.24) is 5.32 Å². The van der Waals surface area contributed by atoms with Crippen LogP contribution in [0.3, 0.4) is 0 Å². The second kappa shape index (κ2) is 7.82. The minimum atomic E-state index is 0.164. The Balaban J connectivity index is 2.33. The zero-order chi connectivity index (χ0) is 13.4. The molecule has 2 nitrogen and oxygen atoms in total. The van der Waals surface area contributed by atoms with Gasteiger partial charge in [-0.05, 0) is 57.1 Å². The van der Waals surface area contributed by atoms with Crippen molar-refractivity contribution in [1.29, 1.82) is 0 Å². The number of rotatable bonds is 7. The van der Waals surface area contributed by atoms with E-state index >= 15 is 0 Å². The summed E-state index contributed by atoms with van der Waals surface area (Å²) < 4.78 is 0. The van der Waals surface area contributed by atoms with Gasteiger partial charge in [0.05, 0.1) is 0 Å². The number of nitrogens with one attached hydrogen (secondary N) is 1. The Bertz CT molecular complexity index is 329. The van der Waals surface area contributed by atoms with Gasteiger partial charge in [-0.2, -0.15) is 0 Å². The quantitative estimate of drug-likeness (QED) is 0.586. The van der Waals surface area contributed by atoms with Crippen LogP contribution in [-0.2, 0) is 6.54 Å². The van der Waals surface area contributed by atoms with Gasteiger partial charge in [0.2, 0.25) is 0 Å². The number of hydrogen-bond donors (Lipinski definition) is 2. The molecule has 0 bridgehead atoms. The number of thioether (sulfide) groups is 1. The summed E-state index contributed by atoms with van der Waals surface area (Å²) in [5, 5.41) is 12.2. The lowest BCUT2D eigenvalue weighted by Crippen LogP contribution is -2.35. The predicted molar refractivity (Wildman–Crippen MR) is 80.1 cm³/mol. The van der Waals surface area contributed by atoms with E-state index in [2.05, 4.69) is 50.4 Å². The molecular weight excluding hydrogens is 242 g/mol. The number of aliphatic hydroxyl groups is 1. The largest absolute Gasteiger partial charge is 0.396 e. The molecule has 0 atom stereocenters. The fraction of sp³-hybridized carbons (Fsp3) is 0.600. The summed E-state index contributed by atoms with van der Waals surface area (Å²) in [6.07, 6.45) is 1.98. The minimum Gasteiger partial charge on any atom is -0.396 e. The maximum Gasteiger partial charge on any atom is 0.0431 e. The van der Waals surface area contributed by atoms with Crippen molar-refractivity contribution in [2.24, 2.45) is 0 Å². The molecule has 0 amide bonds. The highest BCUT2D eigenvalue weighted by atomic mass is 32.2. The van der Waals surface area contributed by atoms with E-state index in [-0.39, 0.29) is 5.54 Å². The molecule has 0 spiro atoms. The van der Waals surface area contributed by atoms with Gasteiger partial charge >= 0.3 is 0 Å². The second-order valence-corrected chi connectivity index (χ2v) is 6.70. The van der Waals surface area contributed by atoms with Gasteiger partial charge in [-0.15, -0.1) is 11.8 Å². The van der Waals surface area contributed by atoms with Crippen LogP contribution in [0.25, 0.3) is 0 Å². The molecule has 1 aromatic carbocycles. The van der Waals surface area contributed by atoms with Crippen LogP contribution in [0.5, 0.6) is 0 Å². The summed E-state index contributed by atoms with van der Waals surface area (Å²) in [6.45, 7) is 7.76. The highest BCUT2D eigenvalue weighted by molar-refractivity contribution is 7.99. The highest BCUT2D eigenvalue weighted by Crippen LogP contribution is 2.19. The molecule has 0 aliphatic heterocycles. The van der Waals surface area contributed by atoms with Crippen LogP contribution in [0.15, 0.2) is 29.2 Å². The maximum atomic E-state index is 8.71. The Hall–Kier alpha value is -0.510. The summed E-state index contributed by atoms with van der Waals surface area (Å²) in [5.41, 5.74) is 1.49. The first-order chi connectivity index (χ1) is 8.51. The summed E-state index contributed by atoms with van der Waals surface area (Å²) in [5.74, 6) is 1.08. The molecule has 0 saturated heterocycles. The van der Waals surface area contributed by atoms with E-state index < -0.39 is 0 Å². The fourth-order valence-electron chi connectivity index (χ4n) is 1.47. The van der Waals surface area contributed by atoms with Gasteiger partial charge in [-0.1, -0.05) is 12.1 Å². The fourth-order valence-corrected chi connectivity index (χ4v) is 2.39. The number of aliphatic hydroxyl groups excluding tert-OH is 1. The molecule has 3 heteroatoms. The van der Waals surface area contributed by atoms with Gasteiger partial charge in [-0.25, -0.2) is 0 Å². The minimum absolute atomic E-state index is 0.164. The summed E-state index contributed by atoms with van der Waals surface area (Å²) in [6, 6.07) is 8.74. The Morgan fingerprint density at radius 1 is 1.11 bits per heavy atom. The Kier molecular flexibility index (Phi) is 6.76. The van der Waals surface area contributed by atoms with Gasteiger partial charge < -0.3 is 10.4 Å². The third kappa shape index (κ3) is 7.04. The van der Waals surface area contributed by atoms with E-state index in [1.165, 1.54) is 10.5 Å². The van der Waals surface area contributed by atoms with Crippen LogP contribution < -0.4 is 5.32 Å². The van der Waals surface area contributed by atoms with Crippen molar-refractivity contribution in [3.8, 4) is 0 Å². The van der Waals surface area contributed by atoms with Crippen molar-refractivity contribution >= 4 is 11.8 Å². The van der Waals surface area contributed by atoms with E-state index in [0.717, 1.165) is 25.1 Å². The van der Waals surface area contributed by atoms with Crippen LogP contribution in [0.4, 0.5) is 0 Å². The van der Waals surface area contributed by atoms with Crippen LogP contribution in [0, 0.1) is 0 Å². The summed E-state index contributed by atoms with van der Waals surface area (Å²) in [7, 11) is 0. The second-order valence-electron chi connectivity index (χ2n) is 5.53. The first kappa shape index (κ1) is 15.5. The van der Waals surface area contributed by atoms with Gasteiger partial charge in [0.25, 0.3) is 0 Å². The molecule has 0 radical (unpaired) electrons. The number of benzene rings is 1. The van der Waals surface area contributed by atoms with Crippen LogP contribution in [0.2, 0.25) is 0 Å². The van der Waals surface area contributed by atoms with Gasteiger partial charge in [0.15, 0.2) is 0 Å². The van der Waals surface area contributed by atoms with E-state index in [1.54, 1.807) is 0 Å². The molecule has 0 saturated carbocycles. The van der Waals surface area contributed by atoms with E-state index in [4.69, 9.17) is 5.11 Å². The monoisotopic (exact) mass is 267 g/mol. The third-order valence-corrected chi connectivity index (χ3v) is 3.67. The van der Waals surface area contributed by atoms with Crippen molar-refractivity contribution in [3.63, 3.8) is 0 Å². The molecule has 0 fully saturated rings. The Morgan fingerprint density at radius 2 is 1.78 bits per heavy atom. The summed E-state index contributed by atoms with van der Waals surface area (Å²) in [4.78, 5) is 1.31. The molecule has 1 rings (SSSR count). The first-order valence-corrected chi connectivity index (χ1v) is 7.57. The van der Waals surface area contributed by atoms with Crippen LogP contribution in [0.1, 0.15) is 39.2 Å². The van der Waals surface area contributed by atoms with Gasteiger partial charge in [-0.3, -0.25) is 0 Å². The maximum absolute atomic E-state index is 8.71. The van der Waals surface area contributed by atoms with Crippen molar-refractivity contribution in [2.45, 2.75) is 50.6 Å². The lowest BCUT2D eigenvalue weighted by molar-refractivity contribution is 0.287. The molecular formula is C15H25NOS. The molecule has 0 aliphatic rings. The molecule has 0 aliphatic carbocycles. The molecule has 18 heavy (non-hydrogen) atoms. The van der Waals surface area contributed by atoms with Crippen LogP contribution in [-0.4, -0.2) is 23.0 Å². The van der Waals surface area contributed by atoms with Gasteiger partial charge in [0.1, 0.15) is 0 Å². The molecule has 1 aromatic rings. The van der Waals surface area contributed by atoms with Crippen molar-refractivity contribution in [2.75, 3.05) is 12.4 Å². The number of unbranched alkanes of at least 4 members (excludes halogenated alkanes) is 1. The molecule has 0 unspecified atom stereocenters.